The second-order valence-electron chi connectivity index (χ2n) is 6.19. The Bertz CT molecular complexity index is 744. The van der Waals surface area contributed by atoms with E-state index in [0.29, 0.717) is 11.0 Å². The van der Waals surface area contributed by atoms with E-state index in [9.17, 15) is 20.1 Å². The molecule has 0 aliphatic rings. The van der Waals surface area contributed by atoms with E-state index in [1.165, 1.54) is 13.3 Å². The number of nitrogens with one attached hydrogen (secondary N) is 1. The lowest BCUT2D eigenvalue weighted by atomic mass is 10.00. The summed E-state index contributed by atoms with van der Waals surface area (Å²) >= 11 is 0. The van der Waals surface area contributed by atoms with E-state index in [-0.39, 0.29) is 31.7 Å². The maximum Gasteiger partial charge on any atom is 0.271 e. The summed E-state index contributed by atoms with van der Waals surface area (Å²) in [5, 5.41) is 41.5. The van der Waals surface area contributed by atoms with Gasteiger partial charge in [0.05, 0.1) is 35.5 Å². The molecule has 1 aromatic carbocycles. The highest BCUT2D eigenvalue weighted by Gasteiger charge is 2.28. The van der Waals surface area contributed by atoms with Gasteiger partial charge in [-0.15, -0.1) is 0 Å². The van der Waals surface area contributed by atoms with E-state index >= 15 is 0 Å². The Morgan fingerprint density at radius 1 is 1.22 bits per heavy atom. The molecule has 1 heterocycles. The fourth-order valence-corrected chi connectivity index (χ4v) is 2.67. The molecule has 0 radical (unpaired) electrons. The van der Waals surface area contributed by atoms with Gasteiger partial charge in [-0.2, -0.15) is 0 Å². The summed E-state index contributed by atoms with van der Waals surface area (Å²) in [6.45, 7) is -0.331. The first kappa shape index (κ1) is 21.1. The Morgan fingerprint density at radius 2 is 1.93 bits per heavy atom. The predicted octanol–water partition coefficient (Wildman–Crippen LogP) is -0.770. The predicted molar refractivity (Wildman–Crippen MR) is 97.0 cm³/mol. The summed E-state index contributed by atoms with van der Waals surface area (Å²) in [6.07, 6.45) is -3.04. The number of aliphatic hydroxyl groups excluding tert-OH is 4. The highest BCUT2D eigenvalue weighted by Crippen LogP contribution is 2.12. The minimum Gasteiger partial charge on any atom is -0.396 e. The lowest BCUT2D eigenvalue weighted by molar-refractivity contribution is -0.0923. The molecule has 4 atom stereocenters. The molecule has 2 rings (SSSR count). The number of nitrogens with zero attached hydrogens (tertiary/aromatic N) is 2. The number of ether oxygens (including phenoxy) is 1. The van der Waals surface area contributed by atoms with Gasteiger partial charge in [0.1, 0.15) is 11.8 Å². The van der Waals surface area contributed by atoms with E-state index in [1.54, 1.807) is 18.2 Å². The Balaban J connectivity index is 1.86. The fourth-order valence-electron chi connectivity index (χ4n) is 2.67. The maximum atomic E-state index is 12.2. The number of aromatic nitrogens is 2. The third-order valence-corrected chi connectivity index (χ3v) is 4.18. The number of amides is 1. The molecule has 2 aromatic rings. The van der Waals surface area contributed by atoms with E-state index in [0.717, 1.165) is 0 Å². The molecule has 9 nitrogen and oxygen atoms in total. The molecule has 0 aliphatic carbocycles. The van der Waals surface area contributed by atoms with Crippen LogP contribution < -0.4 is 5.32 Å². The van der Waals surface area contributed by atoms with Crippen LogP contribution in [0.15, 0.2) is 30.5 Å². The highest BCUT2D eigenvalue weighted by atomic mass is 16.5. The average molecular weight is 379 g/mol. The zero-order chi connectivity index (χ0) is 19.8. The van der Waals surface area contributed by atoms with Crippen LogP contribution in [0.4, 0.5) is 0 Å². The first-order chi connectivity index (χ1) is 13.0. The van der Waals surface area contributed by atoms with Crippen LogP contribution in [0.25, 0.3) is 11.0 Å². The van der Waals surface area contributed by atoms with Gasteiger partial charge in [0.15, 0.2) is 0 Å². The Kier molecular flexibility index (Phi) is 8.01. The number of hydrogen-bond acceptors (Lipinski definition) is 8. The first-order valence-electron chi connectivity index (χ1n) is 8.64. The molecule has 9 heteroatoms. The molecular formula is C18H25N3O6. The molecule has 0 saturated carbocycles. The topological polar surface area (TPSA) is 145 Å². The molecule has 1 amide bonds. The molecule has 0 bridgehead atoms. The van der Waals surface area contributed by atoms with Crippen molar-refractivity contribution in [3.05, 3.63) is 36.2 Å². The van der Waals surface area contributed by atoms with Crippen molar-refractivity contribution in [2.24, 2.45) is 0 Å². The van der Waals surface area contributed by atoms with Crippen LogP contribution in [0, 0.1) is 0 Å². The third-order valence-electron chi connectivity index (χ3n) is 4.18. The van der Waals surface area contributed by atoms with Gasteiger partial charge in [-0.25, -0.2) is 4.98 Å². The van der Waals surface area contributed by atoms with Crippen molar-refractivity contribution in [3.8, 4) is 0 Å². The van der Waals surface area contributed by atoms with E-state index in [2.05, 4.69) is 15.3 Å². The van der Waals surface area contributed by atoms with Gasteiger partial charge < -0.3 is 30.5 Å². The maximum absolute atomic E-state index is 12.2. The summed E-state index contributed by atoms with van der Waals surface area (Å²) in [5.41, 5.74) is 1.37. The van der Waals surface area contributed by atoms with Crippen molar-refractivity contribution in [2.75, 3.05) is 20.3 Å². The molecular weight excluding hydrogens is 354 g/mol. The molecule has 5 N–H and O–H groups in total. The molecule has 4 unspecified atom stereocenters. The van der Waals surface area contributed by atoms with E-state index in [4.69, 9.17) is 9.84 Å². The van der Waals surface area contributed by atoms with Gasteiger partial charge in [0.2, 0.25) is 0 Å². The number of benzene rings is 1. The average Bonchev–Trinajstić information content (AvgIpc) is 2.69. The third kappa shape index (κ3) is 5.91. The van der Waals surface area contributed by atoms with Gasteiger partial charge in [0, 0.05) is 26.7 Å². The number of hydrogen-bond donors (Lipinski definition) is 5. The normalized spacial score (nSPS) is 15.9. The first-order valence-corrected chi connectivity index (χ1v) is 8.64. The van der Waals surface area contributed by atoms with Crippen molar-refractivity contribution in [1.82, 2.24) is 15.3 Å². The Hall–Kier alpha value is -2.17. The SMILES string of the molecule is COC(CCO)C(O)C(O)CC(O)CNC(=O)c1cnc2ccccc2n1. The van der Waals surface area contributed by atoms with Gasteiger partial charge in [-0.3, -0.25) is 9.78 Å². The number of carbonyl (C=O) groups is 1. The largest absolute Gasteiger partial charge is 0.396 e. The number of methoxy groups -OCH3 is 1. The van der Waals surface area contributed by atoms with E-state index < -0.39 is 30.3 Å². The van der Waals surface area contributed by atoms with Crippen molar-refractivity contribution in [2.45, 2.75) is 37.3 Å². The lowest BCUT2D eigenvalue weighted by Gasteiger charge is -2.26. The molecule has 0 aliphatic heterocycles. The quantitative estimate of drug-likeness (QED) is 0.362. The Labute approximate surface area is 156 Å². The summed E-state index contributed by atoms with van der Waals surface area (Å²) in [7, 11) is 1.36. The molecule has 0 saturated heterocycles. The number of para-hydroxylation sites is 2. The van der Waals surface area contributed by atoms with Crippen LogP contribution in [-0.4, -0.2) is 81.0 Å². The highest BCUT2D eigenvalue weighted by molar-refractivity contribution is 5.93. The second-order valence-corrected chi connectivity index (χ2v) is 6.19. The van der Waals surface area contributed by atoms with Crippen LogP contribution in [0.2, 0.25) is 0 Å². The van der Waals surface area contributed by atoms with Crippen LogP contribution in [0.1, 0.15) is 23.3 Å². The second kappa shape index (κ2) is 10.2. The van der Waals surface area contributed by atoms with Gasteiger partial charge >= 0.3 is 0 Å². The summed E-state index contributed by atoms with van der Waals surface area (Å²) in [5.74, 6) is -0.502. The molecule has 148 valence electrons. The van der Waals surface area contributed by atoms with Crippen molar-refractivity contribution in [3.63, 3.8) is 0 Å². The molecule has 0 fully saturated rings. The zero-order valence-electron chi connectivity index (χ0n) is 15.0. The molecule has 0 spiro atoms. The van der Waals surface area contributed by atoms with Crippen molar-refractivity contribution >= 4 is 16.9 Å². The van der Waals surface area contributed by atoms with Crippen molar-refractivity contribution < 1.29 is 30.0 Å². The fraction of sp³-hybridized carbons (Fsp3) is 0.500. The van der Waals surface area contributed by atoms with Crippen LogP contribution >= 0.6 is 0 Å². The van der Waals surface area contributed by atoms with Crippen LogP contribution in [0.5, 0.6) is 0 Å². The minimum atomic E-state index is -1.27. The summed E-state index contributed by atoms with van der Waals surface area (Å²) in [4.78, 5) is 20.5. The van der Waals surface area contributed by atoms with Crippen LogP contribution in [0.3, 0.4) is 0 Å². The molecule has 1 aromatic heterocycles. The van der Waals surface area contributed by atoms with Gasteiger partial charge in [-0.05, 0) is 18.6 Å². The number of carbonyl (C=O) groups excluding carboxylic acids is 1. The van der Waals surface area contributed by atoms with Crippen LogP contribution in [-0.2, 0) is 4.74 Å². The summed E-state index contributed by atoms with van der Waals surface area (Å²) in [6, 6.07) is 7.13. The van der Waals surface area contributed by atoms with Gasteiger partial charge in [-0.1, -0.05) is 12.1 Å². The standard InChI is InChI=1S/C18H25N3O6/c1-27-16(6-7-22)17(25)15(24)8-11(23)9-20-18(26)14-10-19-12-4-2-3-5-13(12)21-14/h2-5,10-11,15-17,22-25H,6-9H2,1H3,(H,20,26). The number of aliphatic hydroxyl groups is 4. The summed E-state index contributed by atoms with van der Waals surface area (Å²) < 4.78 is 5.01. The zero-order valence-corrected chi connectivity index (χ0v) is 15.0. The Morgan fingerprint density at radius 3 is 2.59 bits per heavy atom. The lowest BCUT2D eigenvalue weighted by Crippen LogP contribution is -2.42. The van der Waals surface area contributed by atoms with E-state index in [1.807, 2.05) is 6.07 Å². The molecule has 27 heavy (non-hydrogen) atoms. The number of rotatable bonds is 10. The smallest absolute Gasteiger partial charge is 0.271 e. The van der Waals surface area contributed by atoms with Gasteiger partial charge in [0.25, 0.3) is 5.91 Å². The monoisotopic (exact) mass is 379 g/mol. The number of fused-ring (bicyclic) bond motifs is 1. The van der Waals surface area contributed by atoms with Crippen molar-refractivity contribution in [1.29, 1.82) is 0 Å². The minimum absolute atomic E-state index is 0.115.